The molecule has 3 amide bonds. The Bertz CT molecular complexity index is 1140. The quantitative estimate of drug-likeness (QED) is 0.323. The zero-order valence-corrected chi connectivity index (χ0v) is 25.5. The smallest absolute Gasteiger partial charge is 0.408 e. The Labute approximate surface area is 238 Å². The average molecular weight is 558 g/mol. The van der Waals surface area contributed by atoms with Gasteiger partial charge in [-0.25, -0.2) is 4.79 Å². The number of rotatable bonds is 10. The maximum atomic E-state index is 14.1. The SMILES string of the molecule is Cc1ccccc1C(C(=O)Nc1c(C)cccc1Cl)N(C(=O)C(C)NC(=O)OC(C)(C)C)C(C)CCC(C)C. The molecule has 0 aliphatic carbocycles. The second-order valence-corrected chi connectivity index (χ2v) is 12.0. The molecule has 3 atom stereocenters. The van der Waals surface area contributed by atoms with Gasteiger partial charge in [0.05, 0.1) is 10.7 Å². The van der Waals surface area contributed by atoms with Crippen LogP contribution in [-0.4, -0.2) is 40.5 Å². The largest absolute Gasteiger partial charge is 0.444 e. The molecule has 0 saturated carbocycles. The average Bonchev–Trinajstić information content (AvgIpc) is 2.82. The first-order chi connectivity index (χ1) is 18.1. The van der Waals surface area contributed by atoms with E-state index in [9.17, 15) is 14.4 Å². The highest BCUT2D eigenvalue weighted by atomic mass is 35.5. The lowest BCUT2D eigenvalue weighted by Crippen LogP contribution is -2.54. The van der Waals surface area contributed by atoms with Gasteiger partial charge < -0.3 is 20.3 Å². The van der Waals surface area contributed by atoms with Crippen LogP contribution in [0.4, 0.5) is 10.5 Å². The van der Waals surface area contributed by atoms with Gasteiger partial charge in [0.15, 0.2) is 0 Å². The molecule has 214 valence electrons. The van der Waals surface area contributed by atoms with Crippen molar-refractivity contribution in [1.29, 1.82) is 0 Å². The van der Waals surface area contributed by atoms with Crippen LogP contribution in [0.1, 0.15) is 84.0 Å². The maximum Gasteiger partial charge on any atom is 0.408 e. The highest BCUT2D eigenvalue weighted by molar-refractivity contribution is 6.34. The molecule has 0 radical (unpaired) electrons. The van der Waals surface area contributed by atoms with Crippen molar-refractivity contribution in [2.45, 2.75) is 98.9 Å². The van der Waals surface area contributed by atoms with E-state index in [2.05, 4.69) is 24.5 Å². The van der Waals surface area contributed by atoms with Crippen molar-refractivity contribution in [2.75, 3.05) is 5.32 Å². The molecule has 0 spiro atoms. The summed E-state index contributed by atoms with van der Waals surface area (Å²) in [7, 11) is 0. The van der Waals surface area contributed by atoms with Crippen molar-refractivity contribution >= 4 is 35.2 Å². The van der Waals surface area contributed by atoms with E-state index in [-0.39, 0.29) is 17.9 Å². The molecular weight excluding hydrogens is 514 g/mol. The van der Waals surface area contributed by atoms with Crippen LogP contribution >= 0.6 is 11.6 Å². The lowest BCUT2D eigenvalue weighted by molar-refractivity contribution is -0.143. The molecule has 2 N–H and O–H groups in total. The van der Waals surface area contributed by atoms with Crippen LogP contribution in [-0.2, 0) is 14.3 Å². The number of anilines is 1. The third-order valence-corrected chi connectivity index (χ3v) is 6.79. The Hall–Kier alpha value is -3.06. The molecule has 7 nitrogen and oxygen atoms in total. The fraction of sp³-hybridized carbons (Fsp3) is 0.516. The maximum absolute atomic E-state index is 14.1. The van der Waals surface area contributed by atoms with E-state index in [0.717, 1.165) is 17.5 Å². The summed E-state index contributed by atoms with van der Waals surface area (Å²) < 4.78 is 5.38. The van der Waals surface area contributed by atoms with E-state index in [1.165, 1.54) is 0 Å². The number of hydrogen-bond donors (Lipinski definition) is 2. The lowest BCUT2D eigenvalue weighted by Gasteiger charge is -2.38. The van der Waals surface area contributed by atoms with Crippen molar-refractivity contribution in [3.63, 3.8) is 0 Å². The number of carbonyl (C=O) groups excluding carboxylic acids is 3. The van der Waals surface area contributed by atoms with E-state index in [4.69, 9.17) is 16.3 Å². The van der Waals surface area contributed by atoms with Gasteiger partial charge in [-0.3, -0.25) is 9.59 Å². The number of nitrogens with one attached hydrogen (secondary N) is 2. The molecule has 2 aromatic carbocycles. The summed E-state index contributed by atoms with van der Waals surface area (Å²) in [6.07, 6.45) is 0.857. The summed E-state index contributed by atoms with van der Waals surface area (Å²) >= 11 is 6.45. The minimum absolute atomic E-state index is 0.300. The molecule has 0 heterocycles. The van der Waals surface area contributed by atoms with Crippen molar-refractivity contribution in [3.05, 3.63) is 64.2 Å². The number of para-hydroxylation sites is 1. The number of amides is 3. The van der Waals surface area contributed by atoms with Crippen molar-refractivity contribution < 1.29 is 19.1 Å². The van der Waals surface area contributed by atoms with Crippen LogP contribution in [0.5, 0.6) is 0 Å². The predicted octanol–water partition coefficient (Wildman–Crippen LogP) is 7.20. The number of alkyl carbamates (subject to hydrolysis) is 1. The van der Waals surface area contributed by atoms with Crippen LogP contribution in [0.3, 0.4) is 0 Å². The van der Waals surface area contributed by atoms with Gasteiger partial charge >= 0.3 is 6.09 Å². The minimum Gasteiger partial charge on any atom is -0.444 e. The number of ether oxygens (including phenoxy) is 1. The van der Waals surface area contributed by atoms with Gasteiger partial charge in [-0.05, 0) is 90.0 Å². The van der Waals surface area contributed by atoms with Crippen LogP contribution in [0.2, 0.25) is 5.02 Å². The molecule has 3 unspecified atom stereocenters. The first-order valence-corrected chi connectivity index (χ1v) is 13.9. The molecule has 0 fully saturated rings. The summed E-state index contributed by atoms with van der Waals surface area (Å²) in [6.45, 7) is 16.9. The Morgan fingerprint density at radius 3 is 2.10 bits per heavy atom. The molecule has 0 saturated heterocycles. The number of hydrogen-bond acceptors (Lipinski definition) is 4. The molecular formula is C31H44ClN3O4. The first kappa shape index (κ1) is 32.2. The van der Waals surface area contributed by atoms with E-state index >= 15 is 0 Å². The van der Waals surface area contributed by atoms with E-state index in [0.29, 0.717) is 28.6 Å². The first-order valence-electron chi connectivity index (χ1n) is 13.6. The molecule has 8 heteroatoms. The molecule has 39 heavy (non-hydrogen) atoms. The Balaban J connectivity index is 2.58. The molecule has 0 bridgehead atoms. The van der Waals surface area contributed by atoms with Gasteiger partial charge in [-0.1, -0.05) is 61.8 Å². The Kier molecular flexibility index (Phi) is 11.4. The molecule has 0 aromatic heterocycles. The number of aryl methyl sites for hydroxylation is 2. The zero-order chi connectivity index (χ0) is 29.5. The zero-order valence-electron chi connectivity index (χ0n) is 24.7. The number of carbonyl (C=O) groups is 3. The standard InChI is InChI=1S/C31H44ClN3O4/c1-19(2)17-18-22(5)35(29(37)23(6)33-30(38)39-31(7,8)9)27(24-15-11-10-13-20(24)3)28(36)34-26-21(4)14-12-16-25(26)32/h10-16,19,22-23,27H,17-18H2,1-9H3,(H,33,38)(H,34,36). The van der Waals surface area contributed by atoms with E-state index in [1.54, 1.807) is 38.7 Å². The van der Waals surface area contributed by atoms with Crippen molar-refractivity contribution in [3.8, 4) is 0 Å². The van der Waals surface area contributed by atoms with Gasteiger partial charge in [0.1, 0.15) is 17.7 Å². The summed E-state index contributed by atoms with van der Waals surface area (Å²) in [5.74, 6) is -0.343. The molecule has 2 rings (SSSR count). The molecule has 0 aliphatic heterocycles. The molecule has 0 aliphatic rings. The highest BCUT2D eigenvalue weighted by Gasteiger charge is 2.38. The molecule has 2 aromatic rings. The van der Waals surface area contributed by atoms with E-state index < -0.39 is 23.8 Å². The summed E-state index contributed by atoms with van der Waals surface area (Å²) in [5, 5.41) is 6.07. The second kappa shape index (κ2) is 13.8. The number of halogens is 1. The third kappa shape index (κ3) is 9.27. The Morgan fingerprint density at radius 1 is 0.923 bits per heavy atom. The van der Waals surface area contributed by atoms with Gasteiger partial charge in [-0.15, -0.1) is 0 Å². The summed E-state index contributed by atoms with van der Waals surface area (Å²) in [5.41, 5.74) is 2.17. The normalized spacial score (nSPS) is 13.8. The predicted molar refractivity (Wildman–Crippen MR) is 158 cm³/mol. The fourth-order valence-electron chi connectivity index (χ4n) is 4.38. The summed E-state index contributed by atoms with van der Waals surface area (Å²) in [6, 6.07) is 10.7. The minimum atomic E-state index is -0.959. The second-order valence-electron chi connectivity index (χ2n) is 11.6. The van der Waals surface area contributed by atoms with E-state index in [1.807, 2.05) is 57.2 Å². The van der Waals surface area contributed by atoms with Crippen molar-refractivity contribution in [2.24, 2.45) is 5.92 Å². The van der Waals surface area contributed by atoms with Crippen molar-refractivity contribution in [1.82, 2.24) is 10.2 Å². The lowest BCUT2D eigenvalue weighted by atomic mass is 9.94. The van der Waals surface area contributed by atoms with Gasteiger partial charge in [0.25, 0.3) is 5.91 Å². The Morgan fingerprint density at radius 2 is 1.54 bits per heavy atom. The van der Waals surface area contributed by atoms with Crippen LogP contribution in [0.25, 0.3) is 0 Å². The van der Waals surface area contributed by atoms with Crippen LogP contribution in [0.15, 0.2) is 42.5 Å². The van der Waals surface area contributed by atoms with Gasteiger partial charge in [0.2, 0.25) is 5.91 Å². The summed E-state index contributed by atoms with van der Waals surface area (Å²) in [4.78, 5) is 42.3. The fourth-order valence-corrected chi connectivity index (χ4v) is 4.64. The topological polar surface area (TPSA) is 87.7 Å². The third-order valence-electron chi connectivity index (χ3n) is 6.47. The number of benzene rings is 2. The monoisotopic (exact) mass is 557 g/mol. The van der Waals surface area contributed by atoms with Gasteiger partial charge in [0, 0.05) is 6.04 Å². The highest BCUT2D eigenvalue weighted by Crippen LogP contribution is 2.32. The van der Waals surface area contributed by atoms with Crippen LogP contribution in [0, 0.1) is 19.8 Å². The van der Waals surface area contributed by atoms with Gasteiger partial charge in [-0.2, -0.15) is 0 Å². The van der Waals surface area contributed by atoms with Crippen LogP contribution < -0.4 is 10.6 Å². The number of nitrogens with zero attached hydrogens (tertiary/aromatic N) is 1.